The fourth-order valence-corrected chi connectivity index (χ4v) is 3.27. The zero-order chi connectivity index (χ0) is 13.0. The Hall–Kier alpha value is 0.0169. The lowest BCUT2D eigenvalue weighted by atomic mass is 10.7. The Labute approximate surface area is 101 Å². The summed E-state index contributed by atoms with van der Waals surface area (Å²) in [4.78, 5) is 0. The highest BCUT2D eigenvalue weighted by molar-refractivity contribution is 6.60. The van der Waals surface area contributed by atoms with Crippen LogP contribution in [0.25, 0.3) is 0 Å². The van der Waals surface area contributed by atoms with Crippen molar-refractivity contribution in [3.05, 3.63) is 0 Å². The van der Waals surface area contributed by atoms with Crippen LogP contribution < -0.4 is 11.5 Å². The molecule has 0 unspecified atom stereocenters. The van der Waals surface area contributed by atoms with E-state index in [9.17, 15) is 0 Å². The molecule has 16 heavy (non-hydrogen) atoms. The van der Waals surface area contributed by atoms with E-state index in [1.807, 2.05) is 27.7 Å². The molecule has 5 nitrogen and oxygen atoms in total. The largest absolute Gasteiger partial charge is 0.500 e. The van der Waals surface area contributed by atoms with Crippen molar-refractivity contribution in [3.63, 3.8) is 0 Å². The van der Waals surface area contributed by atoms with Crippen molar-refractivity contribution in [2.75, 3.05) is 19.8 Å². The molecule has 0 spiro atoms. The third kappa shape index (κ3) is 10.5. The van der Waals surface area contributed by atoms with Gasteiger partial charge >= 0.3 is 8.80 Å². The predicted molar refractivity (Wildman–Crippen MR) is 68.9 cm³/mol. The summed E-state index contributed by atoms with van der Waals surface area (Å²) >= 11 is 0. The molecular formula is C10H28N2O3Si. The molecule has 0 saturated carbocycles. The average molecular weight is 252 g/mol. The van der Waals surface area contributed by atoms with Crippen LogP contribution in [0.2, 0.25) is 6.04 Å². The van der Waals surface area contributed by atoms with Gasteiger partial charge in [-0.3, -0.25) is 0 Å². The van der Waals surface area contributed by atoms with Gasteiger partial charge in [0.1, 0.15) is 0 Å². The van der Waals surface area contributed by atoms with Crippen LogP contribution in [0.1, 0.15) is 34.6 Å². The van der Waals surface area contributed by atoms with Gasteiger partial charge in [-0.25, -0.2) is 0 Å². The second-order valence-corrected chi connectivity index (χ2v) is 6.13. The lowest BCUT2D eigenvalue weighted by Crippen LogP contribution is -2.45. The molecule has 0 saturated heterocycles. The quantitative estimate of drug-likeness (QED) is 0.527. The summed E-state index contributed by atoms with van der Waals surface area (Å²) < 4.78 is 16.7. The van der Waals surface area contributed by atoms with Crippen molar-refractivity contribution < 1.29 is 13.3 Å². The Balaban J connectivity index is 0. The van der Waals surface area contributed by atoms with Gasteiger partial charge in [0, 0.05) is 32.0 Å². The molecular weight excluding hydrogens is 224 g/mol. The molecule has 0 aromatic carbocycles. The van der Waals surface area contributed by atoms with Crippen LogP contribution in [0.15, 0.2) is 0 Å². The van der Waals surface area contributed by atoms with E-state index >= 15 is 0 Å². The number of nitrogens with two attached hydrogens (primary N) is 2. The van der Waals surface area contributed by atoms with Crippen LogP contribution in [0.4, 0.5) is 0 Å². The maximum atomic E-state index is 5.55. The monoisotopic (exact) mass is 252 g/mol. The Morgan fingerprint density at radius 3 is 1.25 bits per heavy atom. The third-order valence-corrected chi connectivity index (χ3v) is 4.58. The zero-order valence-electron chi connectivity index (χ0n) is 11.3. The summed E-state index contributed by atoms with van der Waals surface area (Å²) in [6.45, 7) is 11.7. The summed E-state index contributed by atoms with van der Waals surface area (Å²) in [5.74, 6) is 0. The van der Waals surface area contributed by atoms with E-state index in [-0.39, 0.29) is 6.17 Å². The van der Waals surface area contributed by atoms with E-state index in [0.717, 1.165) is 6.04 Å². The predicted octanol–water partition coefficient (Wildman–Crippen LogP) is 1.30. The van der Waals surface area contributed by atoms with Gasteiger partial charge in [-0.15, -0.1) is 0 Å². The van der Waals surface area contributed by atoms with Gasteiger partial charge in [-0.05, 0) is 27.7 Å². The highest BCUT2D eigenvalue weighted by Gasteiger charge is 2.37. The molecule has 0 bridgehead atoms. The Kier molecular flexibility index (Phi) is 13.2. The second kappa shape index (κ2) is 11.5. The van der Waals surface area contributed by atoms with Gasteiger partial charge in [-0.2, -0.15) is 0 Å². The van der Waals surface area contributed by atoms with Gasteiger partial charge < -0.3 is 24.7 Å². The Morgan fingerprint density at radius 1 is 0.875 bits per heavy atom. The van der Waals surface area contributed by atoms with Crippen molar-refractivity contribution >= 4 is 8.80 Å². The van der Waals surface area contributed by atoms with Crippen LogP contribution in [-0.2, 0) is 13.3 Å². The van der Waals surface area contributed by atoms with E-state index < -0.39 is 8.80 Å². The molecule has 6 heteroatoms. The minimum absolute atomic E-state index is 0.167. The second-order valence-electron chi connectivity index (χ2n) is 3.19. The molecule has 0 aliphatic carbocycles. The van der Waals surface area contributed by atoms with Crippen LogP contribution >= 0.6 is 0 Å². The van der Waals surface area contributed by atoms with E-state index in [2.05, 4.69) is 0 Å². The van der Waals surface area contributed by atoms with E-state index in [1.54, 1.807) is 6.92 Å². The molecule has 0 radical (unpaired) electrons. The zero-order valence-corrected chi connectivity index (χ0v) is 12.3. The summed E-state index contributed by atoms with van der Waals surface area (Å²) in [5, 5.41) is 0. The van der Waals surface area contributed by atoms with Gasteiger partial charge in [0.2, 0.25) is 0 Å². The molecule has 0 fully saturated rings. The van der Waals surface area contributed by atoms with E-state index in [1.165, 1.54) is 0 Å². The standard InChI is InChI=1S/C8H20O3Si.C2H8N2/c1-5-9-12(8-4,10-6-2)11-7-3;1-2(3)4/h5-8H2,1-4H3;2H,3-4H2,1H3. The first-order valence-electron chi connectivity index (χ1n) is 5.90. The summed E-state index contributed by atoms with van der Waals surface area (Å²) in [6.07, 6.45) is -0.167. The highest BCUT2D eigenvalue weighted by atomic mass is 28.4. The highest BCUT2D eigenvalue weighted by Crippen LogP contribution is 2.14. The minimum atomic E-state index is -2.27. The van der Waals surface area contributed by atoms with Crippen molar-refractivity contribution in [1.29, 1.82) is 0 Å². The van der Waals surface area contributed by atoms with E-state index in [0.29, 0.717) is 19.8 Å². The topological polar surface area (TPSA) is 79.7 Å². The maximum absolute atomic E-state index is 5.55. The molecule has 0 aromatic rings. The first-order valence-corrected chi connectivity index (χ1v) is 7.84. The van der Waals surface area contributed by atoms with E-state index in [4.69, 9.17) is 24.7 Å². The lowest BCUT2D eigenvalue weighted by Gasteiger charge is -2.26. The SMILES string of the molecule is CC(N)N.CCO[Si](CC)(OCC)OCC. The van der Waals surface area contributed by atoms with Crippen LogP contribution in [0.5, 0.6) is 0 Å². The molecule has 0 rings (SSSR count). The van der Waals surface area contributed by atoms with Crippen LogP contribution in [0.3, 0.4) is 0 Å². The molecule has 0 aliphatic heterocycles. The Morgan fingerprint density at radius 2 is 1.12 bits per heavy atom. The maximum Gasteiger partial charge on any atom is 0.500 e. The fourth-order valence-electron chi connectivity index (χ4n) is 1.09. The molecule has 4 N–H and O–H groups in total. The van der Waals surface area contributed by atoms with Crippen molar-refractivity contribution in [1.82, 2.24) is 0 Å². The van der Waals surface area contributed by atoms with Gasteiger partial charge in [0.15, 0.2) is 0 Å². The molecule has 0 aliphatic rings. The lowest BCUT2D eigenvalue weighted by molar-refractivity contribution is 0.0725. The van der Waals surface area contributed by atoms with Gasteiger partial charge in [0.05, 0.1) is 0 Å². The number of hydrogen-bond donors (Lipinski definition) is 2. The number of hydrogen-bond acceptors (Lipinski definition) is 5. The van der Waals surface area contributed by atoms with Crippen molar-refractivity contribution in [2.24, 2.45) is 11.5 Å². The summed E-state index contributed by atoms with van der Waals surface area (Å²) in [6, 6.07) is 0.850. The first-order chi connectivity index (χ1) is 7.47. The van der Waals surface area contributed by atoms with Crippen LogP contribution in [-0.4, -0.2) is 34.8 Å². The van der Waals surface area contributed by atoms with Crippen molar-refractivity contribution in [3.8, 4) is 0 Å². The molecule has 0 heterocycles. The van der Waals surface area contributed by atoms with Crippen LogP contribution in [0, 0.1) is 0 Å². The Bertz CT molecular complexity index is 128. The third-order valence-electron chi connectivity index (χ3n) is 1.53. The summed E-state index contributed by atoms with van der Waals surface area (Å²) in [7, 11) is -2.27. The van der Waals surface area contributed by atoms with Gasteiger partial charge in [-0.1, -0.05) is 6.92 Å². The molecule has 0 atom stereocenters. The van der Waals surface area contributed by atoms with Crippen molar-refractivity contribution in [2.45, 2.75) is 46.8 Å². The molecule has 0 aromatic heterocycles. The minimum Gasteiger partial charge on any atom is -0.374 e. The van der Waals surface area contributed by atoms with Gasteiger partial charge in [0.25, 0.3) is 0 Å². The number of rotatable bonds is 7. The fraction of sp³-hybridized carbons (Fsp3) is 1.00. The smallest absolute Gasteiger partial charge is 0.374 e. The average Bonchev–Trinajstić information content (AvgIpc) is 2.18. The normalized spacial score (nSPS) is 11.2. The molecule has 100 valence electrons. The molecule has 0 amide bonds. The summed E-state index contributed by atoms with van der Waals surface area (Å²) in [5.41, 5.74) is 9.78. The first kappa shape index (κ1) is 18.4.